The first kappa shape index (κ1) is 36.3. The number of carbonyl (C=O) groups excluding carboxylic acids is 2. The SMILES string of the molecule is Cc1ccc(S(=O)(=O)N(CC(=O)N(Cc2ccc(F)cc2)[C@H](Cc2ccccc2)C(=O)NC2CCCC2)c2ccc(Oc3ccccc3)cc2)cc1. The number of ether oxygens (including phenoxy) is 1. The number of carbonyl (C=O) groups is 2. The Bertz CT molecular complexity index is 2040. The molecule has 1 saturated carbocycles. The quantitative estimate of drug-likeness (QED) is 0.126. The molecule has 5 aromatic rings. The van der Waals surface area contributed by atoms with Crippen LogP contribution >= 0.6 is 0 Å². The van der Waals surface area contributed by atoms with E-state index < -0.39 is 34.3 Å². The third-order valence-corrected chi connectivity index (χ3v) is 11.0. The summed E-state index contributed by atoms with van der Waals surface area (Å²) in [4.78, 5) is 30.4. The molecule has 0 bridgehead atoms. The minimum Gasteiger partial charge on any atom is -0.457 e. The van der Waals surface area contributed by atoms with Gasteiger partial charge in [-0.2, -0.15) is 0 Å². The lowest BCUT2D eigenvalue weighted by Crippen LogP contribution is -2.54. The number of hydrogen-bond acceptors (Lipinski definition) is 5. The van der Waals surface area contributed by atoms with Gasteiger partial charge in [0.1, 0.15) is 29.9 Å². The molecule has 268 valence electrons. The number of halogens is 1. The van der Waals surface area contributed by atoms with Crippen molar-refractivity contribution in [3.63, 3.8) is 0 Å². The number of hydrogen-bond donors (Lipinski definition) is 1. The molecule has 5 aromatic carbocycles. The van der Waals surface area contributed by atoms with Gasteiger partial charge in [-0.25, -0.2) is 12.8 Å². The fraction of sp³-hybridized carbons (Fsp3) is 0.238. The number of nitrogens with one attached hydrogen (secondary N) is 1. The Hall–Kier alpha value is -5.48. The molecule has 10 heteroatoms. The molecule has 1 N–H and O–H groups in total. The molecule has 0 unspecified atom stereocenters. The zero-order valence-corrected chi connectivity index (χ0v) is 29.8. The van der Waals surface area contributed by atoms with Crippen molar-refractivity contribution in [3.8, 4) is 11.5 Å². The van der Waals surface area contributed by atoms with Crippen LogP contribution in [0.5, 0.6) is 11.5 Å². The summed E-state index contributed by atoms with van der Waals surface area (Å²) in [5, 5.41) is 3.16. The van der Waals surface area contributed by atoms with Gasteiger partial charge >= 0.3 is 0 Å². The average molecular weight is 720 g/mol. The summed E-state index contributed by atoms with van der Waals surface area (Å²) in [6.07, 6.45) is 3.91. The number of para-hydroxylation sites is 1. The predicted molar refractivity (Wildman–Crippen MR) is 200 cm³/mol. The Morgan fingerprint density at radius 2 is 1.37 bits per heavy atom. The molecule has 52 heavy (non-hydrogen) atoms. The van der Waals surface area contributed by atoms with E-state index in [2.05, 4.69) is 5.32 Å². The molecule has 1 fully saturated rings. The molecule has 0 radical (unpaired) electrons. The molecule has 0 aliphatic heterocycles. The summed E-state index contributed by atoms with van der Waals surface area (Å²) >= 11 is 0. The van der Waals surface area contributed by atoms with Gasteiger partial charge in [-0.1, -0.05) is 91.2 Å². The second-order valence-corrected chi connectivity index (χ2v) is 14.9. The molecule has 1 atom stereocenters. The van der Waals surface area contributed by atoms with Crippen LogP contribution < -0.4 is 14.4 Å². The predicted octanol–water partition coefficient (Wildman–Crippen LogP) is 7.82. The molecule has 6 rings (SSSR count). The molecule has 1 aliphatic rings. The summed E-state index contributed by atoms with van der Waals surface area (Å²) in [5.41, 5.74) is 2.55. The highest BCUT2D eigenvalue weighted by Crippen LogP contribution is 2.29. The standard InChI is InChI=1S/C42H42FN3O5S/c1-31-16-26-39(27-17-31)52(49,50)46(36-22-24-38(25-23-36)51-37-14-6-3-7-15-37)30-41(47)45(29-33-18-20-34(43)21-19-33)40(28-32-10-4-2-5-11-32)42(48)44-35-12-8-9-13-35/h2-7,10-11,14-27,35,40H,8-9,12-13,28-30H2,1H3,(H,44,48)/t40-/m1/s1. The van der Waals surface area contributed by atoms with Gasteiger partial charge in [-0.3, -0.25) is 13.9 Å². The first-order chi connectivity index (χ1) is 25.2. The lowest BCUT2D eigenvalue weighted by Gasteiger charge is -2.34. The number of nitrogens with zero attached hydrogens (tertiary/aromatic N) is 2. The Labute approximate surface area is 304 Å². The van der Waals surface area contributed by atoms with Crippen LogP contribution in [0.15, 0.2) is 138 Å². The normalized spacial score (nSPS) is 13.7. The van der Waals surface area contributed by atoms with Crippen LogP contribution in [0.4, 0.5) is 10.1 Å². The van der Waals surface area contributed by atoms with Crippen molar-refractivity contribution in [1.82, 2.24) is 10.2 Å². The molecule has 2 amide bonds. The van der Waals surface area contributed by atoms with E-state index in [-0.39, 0.29) is 35.5 Å². The fourth-order valence-corrected chi connectivity index (χ4v) is 7.79. The smallest absolute Gasteiger partial charge is 0.264 e. The van der Waals surface area contributed by atoms with Gasteiger partial charge in [0.15, 0.2) is 0 Å². The molecule has 1 aliphatic carbocycles. The van der Waals surface area contributed by atoms with E-state index in [1.807, 2.05) is 67.6 Å². The number of amides is 2. The average Bonchev–Trinajstić information content (AvgIpc) is 3.67. The highest BCUT2D eigenvalue weighted by atomic mass is 32.2. The largest absolute Gasteiger partial charge is 0.457 e. The minimum absolute atomic E-state index is 0.0106. The Morgan fingerprint density at radius 1 is 0.769 bits per heavy atom. The van der Waals surface area contributed by atoms with Gasteiger partial charge in [0.2, 0.25) is 11.8 Å². The zero-order chi connectivity index (χ0) is 36.5. The van der Waals surface area contributed by atoms with Crippen molar-refractivity contribution in [1.29, 1.82) is 0 Å². The Kier molecular flexibility index (Phi) is 11.7. The van der Waals surface area contributed by atoms with Crippen LogP contribution in [-0.4, -0.2) is 43.8 Å². The number of benzene rings is 5. The first-order valence-corrected chi connectivity index (χ1v) is 18.9. The molecule has 0 spiro atoms. The minimum atomic E-state index is -4.28. The monoisotopic (exact) mass is 719 g/mol. The zero-order valence-electron chi connectivity index (χ0n) is 29.0. The number of rotatable bonds is 14. The van der Waals surface area contributed by atoms with Crippen LogP contribution in [0.25, 0.3) is 0 Å². The maximum absolute atomic E-state index is 14.8. The van der Waals surface area contributed by atoms with Crippen molar-refractivity contribution in [2.45, 2.75) is 62.6 Å². The summed E-state index contributed by atoms with van der Waals surface area (Å²) in [5.74, 6) is -0.241. The summed E-state index contributed by atoms with van der Waals surface area (Å²) in [7, 11) is -4.28. The summed E-state index contributed by atoms with van der Waals surface area (Å²) < 4.78 is 49.8. The van der Waals surface area contributed by atoms with Crippen LogP contribution in [0.3, 0.4) is 0 Å². The van der Waals surface area contributed by atoms with E-state index in [0.717, 1.165) is 41.1 Å². The van der Waals surface area contributed by atoms with Crippen LogP contribution in [-0.2, 0) is 32.6 Å². The van der Waals surface area contributed by atoms with E-state index in [9.17, 15) is 22.4 Å². The van der Waals surface area contributed by atoms with Crippen molar-refractivity contribution < 1.29 is 27.1 Å². The third kappa shape index (κ3) is 9.24. The summed E-state index contributed by atoms with van der Waals surface area (Å²) in [6.45, 7) is 1.22. The topological polar surface area (TPSA) is 96.0 Å². The Morgan fingerprint density at radius 3 is 2.00 bits per heavy atom. The number of anilines is 1. The maximum Gasteiger partial charge on any atom is 0.264 e. The van der Waals surface area contributed by atoms with E-state index in [1.165, 1.54) is 29.2 Å². The van der Waals surface area contributed by atoms with E-state index >= 15 is 0 Å². The molecule has 0 aromatic heterocycles. The van der Waals surface area contributed by atoms with E-state index in [0.29, 0.717) is 17.1 Å². The molecular formula is C42H42FN3O5S. The summed E-state index contributed by atoms with van der Waals surface area (Å²) in [6, 6.07) is 36.3. The van der Waals surface area contributed by atoms with Crippen LogP contribution in [0.1, 0.15) is 42.4 Å². The van der Waals surface area contributed by atoms with Crippen LogP contribution in [0, 0.1) is 12.7 Å². The van der Waals surface area contributed by atoms with Gasteiger partial charge in [0.25, 0.3) is 10.0 Å². The van der Waals surface area contributed by atoms with Gasteiger partial charge < -0.3 is 15.0 Å². The third-order valence-electron chi connectivity index (χ3n) is 9.23. The second kappa shape index (κ2) is 16.7. The van der Waals surface area contributed by atoms with E-state index in [1.54, 1.807) is 48.5 Å². The lowest BCUT2D eigenvalue weighted by molar-refractivity contribution is -0.140. The van der Waals surface area contributed by atoms with Gasteiger partial charge in [0, 0.05) is 19.0 Å². The van der Waals surface area contributed by atoms with Gasteiger partial charge in [0.05, 0.1) is 10.6 Å². The van der Waals surface area contributed by atoms with Crippen molar-refractivity contribution in [2.75, 3.05) is 10.8 Å². The molecular weight excluding hydrogens is 678 g/mol. The Balaban J connectivity index is 1.38. The highest BCUT2D eigenvalue weighted by molar-refractivity contribution is 7.92. The van der Waals surface area contributed by atoms with Gasteiger partial charge in [-0.15, -0.1) is 0 Å². The van der Waals surface area contributed by atoms with Crippen LogP contribution in [0.2, 0.25) is 0 Å². The maximum atomic E-state index is 14.8. The second-order valence-electron chi connectivity index (χ2n) is 13.1. The number of sulfonamides is 1. The fourth-order valence-electron chi connectivity index (χ4n) is 6.38. The lowest BCUT2D eigenvalue weighted by atomic mass is 10.0. The first-order valence-electron chi connectivity index (χ1n) is 17.5. The molecule has 0 heterocycles. The van der Waals surface area contributed by atoms with Crippen molar-refractivity contribution >= 4 is 27.5 Å². The van der Waals surface area contributed by atoms with Crippen molar-refractivity contribution in [2.24, 2.45) is 0 Å². The molecule has 0 saturated heterocycles. The van der Waals surface area contributed by atoms with E-state index in [4.69, 9.17) is 4.74 Å². The van der Waals surface area contributed by atoms with Gasteiger partial charge in [-0.05, 0) is 91.6 Å². The number of aryl methyl sites for hydroxylation is 1. The van der Waals surface area contributed by atoms with Crippen molar-refractivity contribution in [3.05, 3.63) is 156 Å². The highest BCUT2D eigenvalue weighted by Gasteiger charge is 2.35. The molecule has 8 nitrogen and oxygen atoms in total.